The van der Waals surface area contributed by atoms with Gasteiger partial charge in [0, 0.05) is 30.7 Å². The van der Waals surface area contributed by atoms with Crippen LogP contribution in [0.25, 0.3) is 11.2 Å². The molecule has 2 unspecified atom stereocenters. The topological polar surface area (TPSA) is 347 Å². The highest BCUT2D eigenvalue weighted by Gasteiger charge is 2.50. The number of nitrogens with zero attached hydrogens (tertiary/aromatic N) is 4. The molecule has 278 valence electrons. The lowest BCUT2D eigenvalue weighted by atomic mass is 9.87. The van der Waals surface area contributed by atoms with E-state index < -0.39 is 78.6 Å². The van der Waals surface area contributed by atoms with Crippen molar-refractivity contribution in [2.45, 2.75) is 50.9 Å². The normalized spacial score (nSPS) is 23.1. The molecule has 28 heteroatoms. The van der Waals surface area contributed by atoms with Crippen LogP contribution in [0, 0.1) is 5.41 Å². The van der Waals surface area contributed by atoms with Gasteiger partial charge in [0.2, 0.25) is 11.8 Å². The van der Waals surface area contributed by atoms with Gasteiger partial charge in [0.25, 0.3) is 0 Å². The summed E-state index contributed by atoms with van der Waals surface area (Å²) in [7, 11) is -9.86. The number of hydrogen-bond acceptors (Lipinski definition) is 17. The second kappa shape index (κ2) is 17.1. The third-order valence-electron chi connectivity index (χ3n) is 6.58. The number of phosphoric acid groups is 3. The molecule has 2 aromatic heterocycles. The van der Waals surface area contributed by atoms with Crippen LogP contribution >= 0.6 is 45.1 Å². The van der Waals surface area contributed by atoms with E-state index in [-0.39, 0.29) is 35.9 Å². The van der Waals surface area contributed by atoms with Crippen molar-refractivity contribution < 1.29 is 75.7 Å². The number of fused-ring (bicyclic) bond motifs is 1. The number of carbonyl (C=O) groups excluding carboxylic acids is 2. The average molecular weight is 802 g/mol. The highest BCUT2D eigenvalue weighted by Crippen LogP contribution is 2.61. The second-order valence-corrected chi connectivity index (χ2v) is 16.4. The van der Waals surface area contributed by atoms with Crippen LogP contribution in [0.1, 0.15) is 26.5 Å². The van der Waals surface area contributed by atoms with E-state index in [2.05, 4.69) is 34.4 Å². The van der Waals surface area contributed by atoms with Crippen LogP contribution in [0.3, 0.4) is 0 Å². The Morgan fingerprint density at radius 2 is 1.80 bits per heavy atom. The molecule has 0 radical (unpaired) electrons. The number of amides is 2. The number of nitrogens with one attached hydrogen (secondary N) is 2. The Bertz CT molecular complexity index is 1620. The van der Waals surface area contributed by atoms with E-state index in [0.717, 1.165) is 28.2 Å². The lowest BCUT2D eigenvalue weighted by molar-refractivity contribution is -0.137. The number of imidazole rings is 1. The standard InChI is InChI=1S/C21H35ClN7O16P3S/c1-21(2,16(32)19(33)25-4-3-12(30)24-5-6-49-22)8-42-48(39,40)45-47(37,38)41-7-11-15(44-46(34,35)36)14(31)20(43-11)29-10-28-13-17(23)26-9-27-18(13)29/h9-11,14-16,20,31-32H,3-8H2,1-2H3,(H,24,30)(H,25,33)(H,37,38)(H,39,40)(H2,23,26,27)(H2,34,35,36)/t11-,14-,15-,16+,20-/m1/s1. The Kier molecular flexibility index (Phi) is 14.5. The minimum atomic E-state index is -5.54. The van der Waals surface area contributed by atoms with Crippen LogP contribution < -0.4 is 16.4 Å². The number of anilines is 1. The maximum absolute atomic E-state index is 12.6. The van der Waals surface area contributed by atoms with Crippen LogP contribution in [-0.2, 0) is 45.9 Å². The third kappa shape index (κ3) is 12.1. The molecule has 10 N–H and O–H groups in total. The van der Waals surface area contributed by atoms with Crippen molar-refractivity contribution in [2.75, 3.05) is 37.8 Å². The molecular weight excluding hydrogens is 767 g/mol. The van der Waals surface area contributed by atoms with Gasteiger partial charge in [-0.25, -0.2) is 28.6 Å². The van der Waals surface area contributed by atoms with E-state index in [1.54, 1.807) is 0 Å². The van der Waals surface area contributed by atoms with Gasteiger partial charge < -0.3 is 50.9 Å². The molecule has 3 rings (SSSR count). The first-order valence-corrected chi connectivity index (χ1v) is 20.1. The summed E-state index contributed by atoms with van der Waals surface area (Å²) in [5, 5.41) is 26.1. The fourth-order valence-corrected chi connectivity index (χ4v) is 7.41. The van der Waals surface area contributed by atoms with Gasteiger partial charge in [-0.3, -0.25) is 27.7 Å². The summed E-state index contributed by atoms with van der Waals surface area (Å²) in [6, 6.07) is 0. The molecule has 1 fully saturated rings. The monoisotopic (exact) mass is 801 g/mol. The van der Waals surface area contributed by atoms with E-state index in [0.29, 0.717) is 12.3 Å². The van der Waals surface area contributed by atoms with Crippen molar-refractivity contribution in [3.05, 3.63) is 12.7 Å². The molecule has 0 aromatic carbocycles. The number of aliphatic hydroxyl groups excluding tert-OH is 2. The van der Waals surface area contributed by atoms with Crippen LogP contribution in [0.5, 0.6) is 0 Å². The Labute approximate surface area is 286 Å². The molecule has 2 aromatic rings. The molecule has 2 amide bonds. The number of nitrogen functional groups attached to an aromatic ring is 1. The summed E-state index contributed by atoms with van der Waals surface area (Å²) < 4.78 is 61.8. The van der Waals surface area contributed by atoms with Crippen LogP contribution in [0.4, 0.5) is 5.82 Å². The van der Waals surface area contributed by atoms with Crippen LogP contribution in [-0.4, -0.2) is 118 Å². The number of aromatic nitrogens is 4. The first-order chi connectivity index (χ1) is 22.7. The van der Waals surface area contributed by atoms with E-state index in [1.807, 2.05) is 0 Å². The molecule has 0 saturated carbocycles. The smallest absolute Gasteiger partial charge is 0.386 e. The van der Waals surface area contributed by atoms with Crippen molar-refractivity contribution in [1.29, 1.82) is 0 Å². The molecule has 1 saturated heterocycles. The lowest BCUT2D eigenvalue weighted by Gasteiger charge is -2.30. The zero-order valence-electron chi connectivity index (χ0n) is 25.5. The molecule has 23 nitrogen and oxygen atoms in total. The lowest BCUT2D eigenvalue weighted by Crippen LogP contribution is -2.46. The van der Waals surface area contributed by atoms with E-state index >= 15 is 0 Å². The van der Waals surface area contributed by atoms with Crippen molar-refractivity contribution in [3.63, 3.8) is 0 Å². The highest BCUT2D eigenvalue weighted by atomic mass is 35.7. The van der Waals surface area contributed by atoms with Crippen molar-refractivity contribution >= 4 is 73.9 Å². The second-order valence-electron chi connectivity index (χ2n) is 10.9. The minimum Gasteiger partial charge on any atom is -0.386 e. The first kappa shape index (κ1) is 41.6. The summed E-state index contributed by atoms with van der Waals surface area (Å²) in [5.74, 6) is -0.907. The summed E-state index contributed by atoms with van der Waals surface area (Å²) in [6.45, 7) is 0.688. The van der Waals surface area contributed by atoms with Crippen molar-refractivity contribution in [2.24, 2.45) is 5.41 Å². The SMILES string of the molecule is CC(C)(COP(=O)(O)OP(=O)(O)OC[C@H]1O[C@@H](n2cnc3c(N)ncnc32)[C@H](O)[C@@H]1OP(=O)(O)O)[C@@H](O)C(=O)NCCC(=O)NCCSCl. The van der Waals surface area contributed by atoms with Crippen molar-refractivity contribution in [1.82, 2.24) is 30.2 Å². The summed E-state index contributed by atoms with van der Waals surface area (Å²) in [5.41, 5.74) is 4.29. The number of nitrogens with two attached hydrogens (primary N) is 1. The number of carbonyl (C=O) groups is 2. The number of phosphoric ester groups is 3. The zero-order valence-corrected chi connectivity index (χ0v) is 29.8. The first-order valence-electron chi connectivity index (χ1n) is 13.8. The molecule has 1 aliphatic heterocycles. The zero-order chi connectivity index (χ0) is 36.8. The van der Waals surface area contributed by atoms with Gasteiger partial charge in [-0.05, 0) is 10.7 Å². The molecule has 49 heavy (non-hydrogen) atoms. The highest BCUT2D eigenvalue weighted by molar-refractivity contribution is 8.21. The molecule has 3 heterocycles. The van der Waals surface area contributed by atoms with Crippen LogP contribution in [0.15, 0.2) is 12.7 Å². The Hall–Kier alpha value is -1.82. The van der Waals surface area contributed by atoms with Crippen molar-refractivity contribution in [3.8, 4) is 0 Å². The predicted octanol–water partition coefficient (Wildman–Crippen LogP) is -0.708. The molecule has 0 aliphatic carbocycles. The molecular formula is C21H35ClN7O16P3S. The van der Waals surface area contributed by atoms with E-state index in [4.69, 9.17) is 30.2 Å². The number of halogens is 1. The van der Waals surface area contributed by atoms with Gasteiger partial charge in [-0.15, -0.1) is 0 Å². The van der Waals surface area contributed by atoms with Gasteiger partial charge in [0.15, 0.2) is 17.7 Å². The maximum atomic E-state index is 12.6. The average Bonchev–Trinajstić information content (AvgIpc) is 3.55. The fourth-order valence-electron chi connectivity index (χ4n) is 4.17. The minimum absolute atomic E-state index is 0.0358. The number of ether oxygens (including phenoxy) is 1. The van der Waals surface area contributed by atoms with E-state index in [9.17, 15) is 53.1 Å². The number of hydrogen-bond donors (Lipinski definition) is 9. The molecule has 1 aliphatic rings. The number of aliphatic hydroxyl groups is 2. The molecule has 0 bridgehead atoms. The van der Waals surface area contributed by atoms with Gasteiger partial charge >= 0.3 is 23.5 Å². The Morgan fingerprint density at radius 1 is 1.12 bits per heavy atom. The predicted molar refractivity (Wildman–Crippen MR) is 168 cm³/mol. The summed E-state index contributed by atoms with van der Waals surface area (Å²) in [4.78, 5) is 74.8. The third-order valence-corrected chi connectivity index (χ3v) is 10.5. The fraction of sp³-hybridized carbons (Fsp3) is 0.667. The quantitative estimate of drug-likeness (QED) is 0.0626. The molecule has 0 spiro atoms. The summed E-state index contributed by atoms with van der Waals surface area (Å²) >= 11 is 0. The van der Waals surface area contributed by atoms with Gasteiger partial charge in [0.1, 0.15) is 36.3 Å². The molecule has 7 atom stereocenters. The van der Waals surface area contributed by atoms with Gasteiger partial charge in [0.05, 0.1) is 19.5 Å². The largest absolute Gasteiger partial charge is 0.481 e. The Morgan fingerprint density at radius 3 is 2.45 bits per heavy atom. The number of rotatable bonds is 19. The van der Waals surface area contributed by atoms with Crippen LogP contribution in [0.2, 0.25) is 0 Å². The summed E-state index contributed by atoms with van der Waals surface area (Å²) in [6.07, 6.45) is -6.78. The van der Waals surface area contributed by atoms with Gasteiger partial charge in [-0.2, -0.15) is 4.31 Å². The van der Waals surface area contributed by atoms with E-state index in [1.165, 1.54) is 13.8 Å². The Balaban J connectivity index is 1.59. The maximum Gasteiger partial charge on any atom is 0.481 e. The van der Waals surface area contributed by atoms with Gasteiger partial charge in [-0.1, -0.05) is 24.8 Å².